The maximum absolute atomic E-state index is 12.8. The lowest BCUT2D eigenvalue weighted by Gasteiger charge is -2.11. The zero-order chi connectivity index (χ0) is 27.0. The van der Waals surface area contributed by atoms with Gasteiger partial charge in [0.05, 0.1) is 13.1 Å². The van der Waals surface area contributed by atoms with Crippen LogP contribution in [0.1, 0.15) is 12.5 Å². The predicted molar refractivity (Wildman–Crippen MR) is 119 cm³/mol. The summed E-state index contributed by atoms with van der Waals surface area (Å²) in [5.74, 6) is -2.76. The Morgan fingerprint density at radius 2 is 1.72 bits per heavy atom. The van der Waals surface area contributed by atoms with Crippen molar-refractivity contribution in [2.24, 2.45) is 5.73 Å². The van der Waals surface area contributed by atoms with Crippen molar-refractivity contribution in [3.63, 3.8) is 0 Å². The van der Waals surface area contributed by atoms with E-state index in [1.165, 1.54) is 17.0 Å². The highest BCUT2D eigenvalue weighted by Gasteiger charge is 2.38. The third kappa shape index (κ3) is 7.21. The summed E-state index contributed by atoms with van der Waals surface area (Å²) in [6.45, 7) is 1.93. The summed E-state index contributed by atoms with van der Waals surface area (Å²) >= 11 is 0. The van der Waals surface area contributed by atoms with Crippen LogP contribution < -0.4 is 17.0 Å². The third-order valence-corrected chi connectivity index (χ3v) is 4.89. The van der Waals surface area contributed by atoms with E-state index in [-0.39, 0.29) is 30.8 Å². The van der Waals surface area contributed by atoms with Gasteiger partial charge in [0, 0.05) is 30.9 Å². The Bertz CT molecular complexity index is 1350. The molecule has 0 bridgehead atoms. The number of rotatable bonds is 7. The number of aromatic nitrogens is 4. The SMILES string of the molecule is CCn1cc(-c2ccccc2Cn2cnn(CC(CN)=C(F)F)c2=O)ccc1=O.O=C(O)C(F)(F)F. The molecule has 0 amide bonds. The molecule has 194 valence electrons. The Morgan fingerprint density at radius 3 is 2.28 bits per heavy atom. The van der Waals surface area contributed by atoms with Gasteiger partial charge in [-0.2, -0.15) is 27.1 Å². The number of hydrogen-bond donors (Lipinski definition) is 2. The van der Waals surface area contributed by atoms with Crippen molar-refractivity contribution in [3.8, 4) is 11.1 Å². The molecule has 0 saturated carbocycles. The van der Waals surface area contributed by atoms with E-state index in [2.05, 4.69) is 5.10 Å². The van der Waals surface area contributed by atoms with Crippen LogP contribution in [0.4, 0.5) is 22.0 Å². The first-order chi connectivity index (χ1) is 16.9. The van der Waals surface area contributed by atoms with Gasteiger partial charge in [0.1, 0.15) is 6.33 Å². The number of hydrogen-bond acceptors (Lipinski definition) is 5. The number of carboxylic acids is 1. The van der Waals surface area contributed by atoms with Gasteiger partial charge in [-0.15, -0.1) is 0 Å². The number of aliphatic carboxylic acids is 1. The van der Waals surface area contributed by atoms with E-state index in [9.17, 15) is 31.5 Å². The van der Waals surface area contributed by atoms with Gasteiger partial charge >= 0.3 is 17.8 Å². The highest BCUT2D eigenvalue weighted by atomic mass is 19.4. The summed E-state index contributed by atoms with van der Waals surface area (Å²) in [4.78, 5) is 33.3. The number of nitrogens with two attached hydrogens (primary N) is 1. The van der Waals surface area contributed by atoms with Gasteiger partial charge in [0.2, 0.25) is 0 Å². The molecule has 3 rings (SSSR count). The second-order valence-corrected chi connectivity index (χ2v) is 7.27. The van der Waals surface area contributed by atoms with Crippen molar-refractivity contribution in [1.82, 2.24) is 18.9 Å². The molecule has 0 aliphatic rings. The van der Waals surface area contributed by atoms with Gasteiger partial charge in [-0.3, -0.25) is 9.36 Å². The molecule has 3 aromatic rings. The standard InChI is InChI=1S/C20H21F2N5O2.C2HF3O2/c1-2-25-10-15(7-8-18(25)28)17-6-4-3-5-14(17)11-26-13-24-27(20(26)29)12-16(9-23)19(21)22;3-2(4,5)1(6)7/h3-8,10,13H,2,9,11-12,23H2,1H3;(H,6,7). The van der Waals surface area contributed by atoms with Crippen LogP contribution in [0.25, 0.3) is 11.1 Å². The lowest BCUT2D eigenvalue weighted by molar-refractivity contribution is -0.192. The zero-order valence-electron chi connectivity index (χ0n) is 18.9. The molecule has 0 fully saturated rings. The van der Waals surface area contributed by atoms with E-state index in [0.717, 1.165) is 21.4 Å². The van der Waals surface area contributed by atoms with Crippen LogP contribution in [0.2, 0.25) is 0 Å². The average molecular weight is 515 g/mol. The van der Waals surface area contributed by atoms with E-state index >= 15 is 0 Å². The molecule has 0 aliphatic carbocycles. The van der Waals surface area contributed by atoms with Gasteiger partial charge in [-0.25, -0.2) is 14.3 Å². The van der Waals surface area contributed by atoms with Crippen LogP contribution in [0.15, 0.2) is 70.2 Å². The lowest BCUT2D eigenvalue weighted by atomic mass is 10.0. The molecule has 2 heterocycles. The van der Waals surface area contributed by atoms with Gasteiger partial charge in [-0.05, 0) is 29.7 Å². The summed E-state index contributed by atoms with van der Waals surface area (Å²) < 4.78 is 61.3. The van der Waals surface area contributed by atoms with Gasteiger partial charge in [0.25, 0.3) is 11.6 Å². The number of halogens is 5. The number of pyridine rings is 1. The fraction of sp³-hybridized carbons (Fsp3) is 0.273. The molecule has 0 radical (unpaired) electrons. The van der Waals surface area contributed by atoms with Crippen LogP contribution >= 0.6 is 0 Å². The molecule has 0 unspecified atom stereocenters. The highest BCUT2D eigenvalue weighted by molar-refractivity contribution is 5.73. The van der Waals surface area contributed by atoms with Crippen molar-refractivity contribution in [2.75, 3.05) is 6.54 Å². The topological polar surface area (TPSA) is 125 Å². The second kappa shape index (κ2) is 12.1. The zero-order valence-corrected chi connectivity index (χ0v) is 18.9. The number of aryl methyl sites for hydroxylation is 1. The van der Waals surface area contributed by atoms with E-state index in [1.54, 1.807) is 16.8 Å². The monoisotopic (exact) mass is 515 g/mol. The molecule has 0 aliphatic heterocycles. The van der Waals surface area contributed by atoms with E-state index < -0.39 is 23.9 Å². The molecule has 0 atom stereocenters. The second-order valence-electron chi connectivity index (χ2n) is 7.27. The lowest BCUT2D eigenvalue weighted by Crippen LogP contribution is -2.27. The van der Waals surface area contributed by atoms with Crippen LogP contribution in [0.5, 0.6) is 0 Å². The fourth-order valence-electron chi connectivity index (χ4n) is 3.03. The number of nitrogens with zero attached hydrogens (tertiary/aromatic N) is 4. The molecule has 0 spiro atoms. The molecule has 36 heavy (non-hydrogen) atoms. The number of carbonyl (C=O) groups is 1. The molecular weight excluding hydrogens is 493 g/mol. The van der Waals surface area contributed by atoms with Crippen LogP contribution in [0.3, 0.4) is 0 Å². The Hall–Kier alpha value is -4.07. The van der Waals surface area contributed by atoms with Crippen LogP contribution in [-0.4, -0.2) is 42.7 Å². The van der Waals surface area contributed by atoms with E-state index in [1.807, 2.05) is 31.2 Å². The largest absolute Gasteiger partial charge is 0.490 e. The Morgan fingerprint density at radius 1 is 1.08 bits per heavy atom. The van der Waals surface area contributed by atoms with Crippen molar-refractivity contribution >= 4 is 5.97 Å². The van der Waals surface area contributed by atoms with E-state index in [4.69, 9.17) is 15.6 Å². The first-order valence-electron chi connectivity index (χ1n) is 10.3. The summed E-state index contributed by atoms with van der Waals surface area (Å²) in [5, 5.41) is 11.0. The van der Waals surface area contributed by atoms with Gasteiger partial charge < -0.3 is 15.4 Å². The molecule has 14 heteroatoms. The molecule has 2 aromatic heterocycles. The van der Waals surface area contributed by atoms with Crippen molar-refractivity contribution < 1.29 is 31.9 Å². The average Bonchev–Trinajstić information content (AvgIpc) is 3.16. The summed E-state index contributed by atoms with van der Waals surface area (Å²) in [6.07, 6.45) is -3.89. The van der Waals surface area contributed by atoms with E-state index in [0.29, 0.717) is 6.54 Å². The van der Waals surface area contributed by atoms with Crippen LogP contribution in [-0.2, 0) is 24.4 Å². The van der Waals surface area contributed by atoms with Crippen molar-refractivity contribution in [1.29, 1.82) is 0 Å². The van der Waals surface area contributed by atoms with Gasteiger partial charge in [0.15, 0.2) is 0 Å². The Labute approximate surface area is 200 Å². The number of carboxylic acid groups (broad SMARTS) is 1. The normalized spacial score (nSPS) is 11.0. The minimum absolute atomic E-state index is 0.0879. The Balaban J connectivity index is 0.000000572. The highest BCUT2D eigenvalue weighted by Crippen LogP contribution is 2.23. The molecular formula is C22H22F5N5O4. The van der Waals surface area contributed by atoms with Crippen molar-refractivity contribution in [3.05, 3.63) is 87.0 Å². The predicted octanol–water partition coefficient (Wildman–Crippen LogP) is 2.68. The summed E-state index contributed by atoms with van der Waals surface area (Å²) in [5.41, 5.74) is 6.92. The summed E-state index contributed by atoms with van der Waals surface area (Å²) in [7, 11) is 0. The number of alkyl halides is 3. The molecule has 3 N–H and O–H groups in total. The molecule has 9 nitrogen and oxygen atoms in total. The first kappa shape index (κ1) is 28.2. The van der Waals surface area contributed by atoms with Crippen LogP contribution in [0, 0.1) is 0 Å². The smallest absolute Gasteiger partial charge is 0.475 e. The first-order valence-corrected chi connectivity index (χ1v) is 10.3. The minimum Gasteiger partial charge on any atom is -0.475 e. The maximum atomic E-state index is 12.8. The quantitative estimate of drug-likeness (QED) is 0.466. The maximum Gasteiger partial charge on any atom is 0.490 e. The third-order valence-electron chi connectivity index (χ3n) is 4.89. The van der Waals surface area contributed by atoms with Crippen molar-refractivity contribution in [2.45, 2.75) is 32.7 Å². The van der Waals surface area contributed by atoms with Gasteiger partial charge in [-0.1, -0.05) is 24.3 Å². The summed E-state index contributed by atoms with van der Waals surface area (Å²) in [6, 6.07) is 10.7. The minimum atomic E-state index is -5.08. The Kier molecular flexibility index (Phi) is 9.44. The molecule has 1 aromatic carbocycles. The fourth-order valence-corrected chi connectivity index (χ4v) is 3.03. The molecule has 0 saturated heterocycles. The number of benzene rings is 1.